The molecular formula is C8H16O2S. The summed E-state index contributed by atoms with van der Waals surface area (Å²) < 4.78 is 21.6. The molecule has 0 unspecified atom stereocenters. The molecule has 0 heterocycles. The van der Waals surface area contributed by atoms with Crippen molar-refractivity contribution in [3.05, 3.63) is 0 Å². The molecular weight excluding hydrogens is 160 g/mol. The first-order valence-electron chi connectivity index (χ1n) is 4.26. The van der Waals surface area contributed by atoms with E-state index in [0.717, 1.165) is 6.42 Å². The van der Waals surface area contributed by atoms with Gasteiger partial charge in [0.25, 0.3) is 0 Å². The van der Waals surface area contributed by atoms with E-state index in [1.807, 2.05) is 0 Å². The van der Waals surface area contributed by atoms with Crippen molar-refractivity contribution in [3.63, 3.8) is 0 Å². The summed E-state index contributed by atoms with van der Waals surface area (Å²) in [7, 11) is -2.71. The molecule has 0 bridgehead atoms. The molecule has 0 atom stereocenters. The van der Waals surface area contributed by atoms with Gasteiger partial charge in [0, 0.05) is 6.26 Å². The van der Waals surface area contributed by atoms with Crippen LogP contribution in [0.2, 0.25) is 0 Å². The summed E-state index contributed by atoms with van der Waals surface area (Å²) in [6, 6.07) is 0. The second kappa shape index (κ2) is 3.57. The fourth-order valence-electron chi connectivity index (χ4n) is 1.68. The lowest BCUT2D eigenvalue weighted by atomic mass is 10.1. The molecule has 2 nitrogen and oxygen atoms in total. The van der Waals surface area contributed by atoms with Crippen molar-refractivity contribution in [2.75, 3.05) is 12.0 Å². The molecule has 66 valence electrons. The Morgan fingerprint density at radius 2 is 1.82 bits per heavy atom. The zero-order valence-corrected chi connectivity index (χ0v) is 7.86. The zero-order chi connectivity index (χ0) is 8.32. The third-order valence-corrected chi connectivity index (χ3v) is 3.35. The highest BCUT2D eigenvalue weighted by atomic mass is 32.2. The molecule has 0 aliphatic heterocycles. The lowest BCUT2D eigenvalue weighted by Crippen LogP contribution is -2.07. The van der Waals surface area contributed by atoms with Gasteiger partial charge in [0.2, 0.25) is 0 Å². The van der Waals surface area contributed by atoms with Crippen LogP contribution in [0.3, 0.4) is 0 Å². The second-order valence-corrected chi connectivity index (χ2v) is 5.83. The van der Waals surface area contributed by atoms with Gasteiger partial charge in [-0.1, -0.05) is 25.7 Å². The average Bonchev–Trinajstić information content (AvgIpc) is 2.32. The Bertz CT molecular complexity index is 200. The number of hydrogen-bond acceptors (Lipinski definition) is 2. The maximum absolute atomic E-state index is 10.8. The SMILES string of the molecule is CS(=O)(=O)CCC1CCCC1. The molecule has 0 aromatic rings. The van der Waals surface area contributed by atoms with Crippen LogP contribution >= 0.6 is 0 Å². The van der Waals surface area contributed by atoms with Gasteiger partial charge in [-0.05, 0) is 12.3 Å². The van der Waals surface area contributed by atoms with E-state index in [1.54, 1.807) is 0 Å². The summed E-state index contributed by atoms with van der Waals surface area (Å²) >= 11 is 0. The van der Waals surface area contributed by atoms with Crippen molar-refractivity contribution in [3.8, 4) is 0 Å². The smallest absolute Gasteiger partial charge is 0.147 e. The third-order valence-electron chi connectivity index (χ3n) is 2.37. The Morgan fingerprint density at radius 3 is 2.27 bits per heavy atom. The van der Waals surface area contributed by atoms with Crippen molar-refractivity contribution >= 4 is 9.84 Å². The van der Waals surface area contributed by atoms with Gasteiger partial charge in [-0.15, -0.1) is 0 Å². The van der Waals surface area contributed by atoms with Crippen LogP contribution in [0.5, 0.6) is 0 Å². The van der Waals surface area contributed by atoms with Gasteiger partial charge in [-0.3, -0.25) is 0 Å². The van der Waals surface area contributed by atoms with E-state index in [4.69, 9.17) is 0 Å². The predicted molar refractivity (Wildman–Crippen MR) is 46.3 cm³/mol. The van der Waals surface area contributed by atoms with Crippen LogP contribution in [-0.2, 0) is 9.84 Å². The lowest BCUT2D eigenvalue weighted by Gasteiger charge is -2.05. The highest BCUT2D eigenvalue weighted by Crippen LogP contribution is 2.27. The standard InChI is InChI=1S/C8H16O2S/c1-11(9,10)7-6-8-4-2-3-5-8/h8H,2-7H2,1H3. The van der Waals surface area contributed by atoms with Gasteiger partial charge < -0.3 is 0 Å². The summed E-state index contributed by atoms with van der Waals surface area (Å²) in [5.41, 5.74) is 0. The van der Waals surface area contributed by atoms with E-state index in [9.17, 15) is 8.42 Å². The molecule has 3 heteroatoms. The first kappa shape index (κ1) is 9.04. The Hall–Kier alpha value is -0.0500. The molecule has 0 amide bonds. The van der Waals surface area contributed by atoms with E-state index in [2.05, 4.69) is 0 Å². The predicted octanol–water partition coefficient (Wildman–Crippen LogP) is 1.61. The average molecular weight is 176 g/mol. The van der Waals surface area contributed by atoms with Gasteiger partial charge in [-0.2, -0.15) is 0 Å². The van der Waals surface area contributed by atoms with Gasteiger partial charge in [-0.25, -0.2) is 8.42 Å². The molecule has 1 aliphatic carbocycles. The summed E-state index contributed by atoms with van der Waals surface area (Å²) in [6.45, 7) is 0. The molecule has 0 spiro atoms. The van der Waals surface area contributed by atoms with Gasteiger partial charge in [0.05, 0.1) is 5.75 Å². The highest BCUT2D eigenvalue weighted by Gasteiger charge is 2.16. The van der Waals surface area contributed by atoms with Crippen molar-refractivity contribution in [1.82, 2.24) is 0 Å². The number of hydrogen-bond donors (Lipinski definition) is 0. The van der Waals surface area contributed by atoms with E-state index >= 15 is 0 Å². The van der Waals surface area contributed by atoms with E-state index in [-0.39, 0.29) is 0 Å². The van der Waals surface area contributed by atoms with Crippen LogP contribution in [0.15, 0.2) is 0 Å². The molecule has 0 aromatic heterocycles. The van der Waals surface area contributed by atoms with Gasteiger partial charge in [0.15, 0.2) is 0 Å². The quantitative estimate of drug-likeness (QED) is 0.654. The molecule has 1 rings (SSSR count). The third kappa shape index (κ3) is 3.75. The zero-order valence-electron chi connectivity index (χ0n) is 7.04. The fraction of sp³-hybridized carbons (Fsp3) is 1.00. The lowest BCUT2D eigenvalue weighted by molar-refractivity contribution is 0.522. The first-order chi connectivity index (χ1) is 5.08. The van der Waals surface area contributed by atoms with Crippen molar-refractivity contribution < 1.29 is 8.42 Å². The largest absolute Gasteiger partial charge is 0.229 e. The van der Waals surface area contributed by atoms with E-state index in [1.165, 1.54) is 31.9 Å². The van der Waals surface area contributed by atoms with Crippen molar-refractivity contribution in [2.24, 2.45) is 5.92 Å². The highest BCUT2D eigenvalue weighted by molar-refractivity contribution is 7.90. The maximum Gasteiger partial charge on any atom is 0.147 e. The summed E-state index contributed by atoms with van der Waals surface area (Å²) in [5.74, 6) is 1.09. The van der Waals surface area contributed by atoms with Crippen LogP contribution in [0, 0.1) is 5.92 Å². The number of sulfone groups is 1. The minimum absolute atomic E-state index is 0.387. The van der Waals surface area contributed by atoms with Crippen LogP contribution in [0.4, 0.5) is 0 Å². The fourth-order valence-corrected chi connectivity index (χ4v) is 2.44. The summed E-state index contributed by atoms with van der Waals surface area (Å²) in [5, 5.41) is 0. The molecule has 1 aliphatic rings. The Balaban J connectivity index is 2.22. The first-order valence-corrected chi connectivity index (χ1v) is 6.32. The maximum atomic E-state index is 10.8. The van der Waals surface area contributed by atoms with Crippen LogP contribution < -0.4 is 0 Å². The Labute approximate surface area is 68.9 Å². The molecule has 0 aromatic carbocycles. The van der Waals surface area contributed by atoms with Crippen molar-refractivity contribution in [1.29, 1.82) is 0 Å². The summed E-state index contributed by atoms with van der Waals surface area (Å²) in [4.78, 5) is 0. The van der Waals surface area contributed by atoms with E-state index < -0.39 is 9.84 Å². The van der Waals surface area contributed by atoms with Crippen LogP contribution in [0.25, 0.3) is 0 Å². The molecule has 11 heavy (non-hydrogen) atoms. The molecule has 0 N–H and O–H groups in total. The molecule has 1 saturated carbocycles. The molecule has 0 saturated heterocycles. The van der Waals surface area contributed by atoms with E-state index in [0.29, 0.717) is 11.7 Å². The topological polar surface area (TPSA) is 34.1 Å². The minimum Gasteiger partial charge on any atom is -0.229 e. The Kier molecular flexibility index (Phi) is 2.93. The normalized spacial score (nSPS) is 20.8. The van der Waals surface area contributed by atoms with Gasteiger partial charge >= 0.3 is 0 Å². The van der Waals surface area contributed by atoms with Crippen LogP contribution in [-0.4, -0.2) is 20.4 Å². The van der Waals surface area contributed by atoms with Gasteiger partial charge in [0.1, 0.15) is 9.84 Å². The minimum atomic E-state index is -2.71. The van der Waals surface area contributed by atoms with Crippen LogP contribution in [0.1, 0.15) is 32.1 Å². The van der Waals surface area contributed by atoms with Crippen molar-refractivity contribution in [2.45, 2.75) is 32.1 Å². The number of rotatable bonds is 3. The second-order valence-electron chi connectivity index (χ2n) is 3.57. The Morgan fingerprint density at radius 1 is 1.27 bits per heavy atom. The molecule has 0 radical (unpaired) electrons. The summed E-state index contributed by atoms with van der Waals surface area (Å²) in [6.07, 6.45) is 7.30. The monoisotopic (exact) mass is 176 g/mol. The molecule has 1 fully saturated rings.